The number of amides is 3. The molecule has 1 aliphatic rings. The molecule has 0 aliphatic carbocycles. The third-order valence-electron chi connectivity index (χ3n) is 2.94. The first kappa shape index (κ1) is 14.6. The van der Waals surface area contributed by atoms with Gasteiger partial charge < -0.3 is 10.1 Å². The molecular weight excluding hydrogens is 236 g/mol. The first-order valence-electron chi connectivity index (χ1n) is 6.16. The van der Waals surface area contributed by atoms with Gasteiger partial charge in [0.1, 0.15) is 12.3 Å². The molecule has 3 unspecified atom stereocenters. The van der Waals surface area contributed by atoms with Crippen LogP contribution in [0.15, 0.2) is 0 Å². The Hall–Kier alpha value is -1.43. The first-order chi connectivity index (χ1) is 8.38. The zero-order valence-electron chi connectivity index (χ0n) is 11.2. The van der Waals surface area contributed by atoms with E-state index < -0.39 is 12.3 Å². The third kappa shape index (κ3) is 3.07. The lowest BCUT2D eigenvalue weighted by Gasteiger charge is -2.24. The molecule has 3 atom stereocenters. The van der Waals surface area contributed by atoms with Crippen LogP contribution < -0.4 is 5.32 Å². The van der Waals surface area contributed by atoms with Crippen molar-refractivity contribution in [2.45, 2.75) is 46.4 Å². The number of hydrogen-bond acceptors (Lipinski definition) is 4. The molecular formula is C12H20N2O4. The van der Waals surface area contributed by atoms with Crippen LogP contribution in [0.4, 0.5) is 0 Å². The molecule has 6 nitrogen and oxygen atoms in total. The molecule has 1 N–H and O–H groups in total. The number of ether oxygens (including phenoxy) is 1. The summed E-state index contributed by atoms with van der Waals surface area (Å²) in [7, 11) is 0. The zero-order valence-corrected chi connectivity index (χ0v) is 11.2. The van der Waals surface area contributed by atoms with Crippen LogP contribution in [0.5, 0.6) is 0 Å². The summed E-state index contributed by atoms with van der Waals surface area (Å²) >= 11 is 0. The lowest BCUT2D eigenvalue weighted by atomic mass is 10.1. The SMILES string of the molecule is CCOC(C)NC(=O)C(C)N1C(=O)CC(C)C1=O. The van der Waals surface area contributed by atoms with Crippen LogP contribution in [0, 0.1) is 5.92 Å². The average molecular weight is 256 g/mol. The van der Waals surface area contributed by atoms with Gasteiger partial charge in [0, 0.05) is 18.9 Å². The molecule has 0 aromatic carbocycles. The van der Waals surface area contributed by atoms with Crippen LogP contribution in [0.3, 0.4) is 0 Å². The number of imide groups is 1. The second-order valence-electron chi connectivity index (χ2n) is 4.49. The highest BCUT2D eigenvalue weighted by Crippen LogP contribution is 2.21. The molecule has 1 rings (SSSR count). The van der Waals surface area contributed by atoms with Gasteiger partial charge in [-0.3, -0.25) is 19.3 Å². The molecule has 0 aromatic rings. The second kappa shape index (κ2) is 5.95. The summed E-state index contributed by atoms with van der Waals surface area (Å²) in [5, 5.41) is 2.61. The van der Waals surface area contributed by atoms with Crippen molar-refractivity contribution in [3.05, 3.63) is 0 Å². The number of carbonyl (C=O) groups excluding carboxylic acids is 3. The van der Waals surface area contributed by atoms with Crippen molar-refractivity contribution in [1.82, 2.24) is 10.2 Å². The van der Waals surface area contributed by atoms with Gasteiger partial charge in [-0.2, -0.15) is 0 Å². The van der Waals surface area contributed by atoms with Gasteiger partial charge in [0.05, 0.1) is 0 Å². The van der Waals surface area contributed by atoms with Gasteiger partial charge in [0.25, 0.3) is 0 Å². The minimum atomic E-state index is -0.794. The number of carbonyl (C=O) groups is 3. The highest BCUT2D eigenvalue weighted by Gasteiger charge is 2.40. The molecule has 0 bridgehead atoms. The number of hydrogen-bond donors (Lipinski definition) is 1. The molecule has 102 valence electrons. The third-order valence-corrected chi connectivity index (χ3v) is 2.94. The Morgan fingerprint density at radius 3 is 2.56 bits per heavy atom. The summed E-state index contributed by atoms with van der Waals surface area (Å²) in [6, 6.07) is -0.794. The molecule has 3 amide bonds. The van der Waals surface area contributed by atoms with Gasteiger partial charge in [-0.15, -0.1) is 0 Å². The summed E-state index contributed by atoms with van der Waals surface area (Å²) in [5.74, 6) is -1.30. The van der Waals surface area contributed by atoms with E-state index in [1.54, 1.807) is 20.8 Å². The molecule has 6 heteroatoms. The lowest BCUT2D eigenvalue weighted by Crippen LogP contribution is -2.50. The van der Waals surface area contributed by atoms with Crippen LogP contribution in [-0.4, -0.2) is 41.5 Å². The quantitative estimate of drug-likeness (QED) is 0.566. The Balaban J connectivity index is 2.64. The molecule has 1 heterocycles. The monoisotopic (exact) mass is 256 g/mol. The van der Waals surface area contributed by atoms with Crippen molar-refractivity contribution < 1.29 is 19.1 Å². The Kier molecular flexibility index (Phi) is 4.84. The summed E-state index contributed by atoms with van der Waals surface area (Å²) in [6.07, 6.45) is -0.257. The van der Waals surface area contributed by atoms with E-state index in [0.717, 1.165) is 4.90 Å². The van der Waals surface area contributed by atoms with Crippen LogP contribution >= 0.6 is 0 Å². The van der Waals surface area contributed by atoms with Gasteiger partial charge >= 0.3 is 0 Å². The van der Waals surface area contributed by atoms with Gasteiger partial charge in [-0.25, -0.2) is 0 Å². The maximum atomic E-state index is 11.9. The molecule has 0 aromatic heterocycles. The molecule has 1 saturated heterocycles. The van der Waals surface area contributed by atoms with Gasteiger partial charge in [0.2, 0.25) is 17.7 Å². The van der Waals surface area contributed by atoms with Crippen LogP contribution in [0.25, 0.3) is 0 Å². The fourth-order valence-corrected chi connectivity index (χ4v) is 1.94. The van der Waals surface area contributed by atoms with E-state index in [9.17, 15) is 14.4 Å². The van der Waals surface area contributed by atoms with E-state index in [0.29, 0.717) is 6.61 Å². The number of likely N-dealkylation sites (tertiary alicyclic amines) is 1. The number of nitrogens with one attached hydrogen (secondary N) is 1. The minimum Gasteiger partial charge on any atom is -0.359 e. The highest BCUT2D eigenvalue weighted by atomic mass is 16.5. The van der Waals surface area contributed by atoms with Crippen molar-refractivity contribution in [2.24, 2.45) is 5.92 Å². The highest BCUT2D eigenvalue weighted by molar-refractivity contribution is 6.06. The van der Waals surface area contributed by atoms with E-state index in [4.69, 9.17) is 4.74 Å². The first-order valence-corrected chi connectivity index (χ1v) is 6.16. The van der Waals surface area contributed by atoms with Gasteiger partial charge in [0.15, 0.2) is 0 Å². The van der Waals surface area contributed by atoms with Crippen molar-refractivity contribution in [3.8, 4) is 0 Å². The molecule has 1 fully saturated rings. The van der Waals surface area contributed by atoms with E-state index in [2.05, 4.69) is 5.32 Å². The smallest absolute Gasteiger partial charge is 0.244 e. The Morgan fingerprint density at radius 1 is 1.50 bits per heavy atom. The van der Waals surface area contributed by atoms with E-state index in [1.807, 2.05) is 6.92 Å². The fourth-order valence-electron chi connectivity index (χ4n) is 1.94. The van der Waals surface area contributed by atoms with Gasteiger partial charge in [-0.1, -0.05) is 6.92 Å². The summed E-state index contributed by atoms with van der Waals surface area (Å²) in [5.41, 5.74) is 0. The molecule has 18 heavy (non-hydrogen) atoms. The van der Waals surface area contributed by atoms with Crippen molar-refractivity contribution in [2.75, 3.05) is 6.61 Å². The summed E-state index contributed by atoms with van der Waals surface area (Å²) < 4.78 is 5.18. The van der Waals surface area contributed by atoms with Crippen molar-refractivity contribution >= 4 is 17.7 Å². The maximum Gasteiger partial charge on any atom is 0.244 e. The van der Waals surface area contributed by atoms with Crippen LogP contribution in [-0.2, 0) is 19.1 Å². The van der Waals surface area contributed by atoms with E-state index in [-0.39, 0.29) is 30.1 Å². The molecule has 0 saturated carbocycles. The Labute approximate surface area is 107 Å². The van der Waals surface area contributed by atoms with Crippen LogP contribution in [0.2, 0.25) is 0 Å². The van der Waals surface area contributed by atoms with Gasteiger partial charge in [-0.05, 0) is 20.8 Å². The van der Waals surface area contributed by atoms with Crippen molar-refractivity contribution in [3.63, 3.8) is 0 Å². The maximum absolute atomic E-state index is 11.9. The van der Waals surface area contributed by atoms with Crippen LogP contribution in [0.1, 0.15) is 34.1 Å². The zero-order chi connectivity index (χ0) is 13.9. The Morgan fingerprint density at radius 2 is 2.11 bits per heavy atom. The summed E-state index contributed by atoms with van der Waals surface area (Å²) in [4.78, 5) is 36.3. The van der Waals surface area contributed by atoms with E-state index >= 15 is 0 Å². The normalized spacial score (nSPS) is 23.1. The molecule has 1 aliphatic heterocycles. The second-order valence-corrected chi connectivity index (χ2v) is 4.49. The Bertz CT molecular complexity index is 356. The number of nitrogens with zero attached hydrogens (tertiary/aromatic N) is 1. The lowest BCUT2D eigenvalue weighted by molar-refractivity contribution is -0.147. The fraction of sp³-hybridized carbons (Fsp3) is 0.750. The van der Waals surface area contributed by atoms with Crippen molar-refractivity contribution in [1.29, 1.82) is 0 Å². The molecule has 0 radical (unpaired) electrons. The average Bonchev–Trinajstić information content (AvgIpc) is 2.52. The summed E-state index contributed by atoms with van der Waals surface area (Å²) in [6.45, 7) is 7.23. The predicted octanol–water partition coefficient (Wildman–Crippen LogP) is 0.269. The number of rotatable bonds is 5. The standard InChI is InChI=1S/C12H20N2O4/c1-5-18-9(4)13-11(16)8(3)14-10(15)6-7(2)12(14)17/h7-9H,5-6H2,1-4H3,(H,13,16). The molecule has 0 spiro atoms. The van der Waals surface area contributed by atoms with E-state index in [1.165, 1.54) is 0 Å². The predicted molar refractivity (Wildman–Crippen MR) is 64.3 cm³/mol. The largest absolute Gasteiger partial charge is 0.359 e. The minimum absolute atomic E-state index is 0.178. The topological polar surface area (TPSA) is 75.7 Å².